The highest BCUT2D eigenvalue weighted by atomic mass is 35.5. The second kappa shape index (κ2) is 6.84. The maximum absolute atomic E-state index is 13.1. The SMILES string of the molecule is CC(C)(C)OC(=O)N1C(=O)[C@@](C)(c2ccccc2)[C@H]1c1ccc(Cl)cc1Cl. The molecule has 1 aliphatic heterocycles. The van der Waals surface area contributed by atoms with Crippen molar-refractivity contribution >= 4 is 35.2 Å². The molecule has 142 valence electrons. The molecule has 4 nitrogen and oxygen atoms in total. The van der Waals surface area contributed by atoms with Gasteiger partial charge in [0.1, 0.15) is 5.60 Å². The fraction of sp³-hybridized carbons (Fsp3) is 0.333. The first-order chi connectivity index (χ1) is 12.6. The van der Waals surface area contributed by atoms with Crippen LogP contribution in [0.25, 0.3) is 0 Å². The molecule has 0 saturated carbocycles. The van der Waals surface area contributed by atoms with Crippen molar-refractivity contribution in [1.82, 2.24) is 4.90 Å². The van der Waals surface area contributed by atoms with E-state index in [0.717, 1.165) is 10.5 Å². The molecule has 2 atom stereocenters. The molecule has 0 spiro atoms. The zero-order valence-corrected chi connectivity index (χ0v) is 17.1. The minimum atomic E-state index is -0.935. The van der Waals surface area contributed by atoms with E-state index in [1.807, 2.05) is 37.3 Å². The number of carbonyl (C=O) groups excluding carboxylic acids is 2. The van der Waals surface area contributed by atoms with Gasteiger partial charge < -0.3 is 4.74 Å². The summed E-state index contributed by atoms with van der Waals surface area (Å²) in [5.41, 5.74) is -0.191. The Morgan fingerprint density at radius 3 is 2.30 bits per heavy atom. The number of nitrogens with zero attached hydrogens (tertiary/aromatic N) is 1. The lowest BCUT2D eigenvalue weighted by Crippen LogP contribution is -2.67. The van der Waals surface area contributed by atoms with E-state index in [-0.39, 0.29) is 5.91 Å². The Kier molecular flexibility index (Phi) is 5.00. The topological polar surface area (TPSA) is 46.6 Å². The van der Waals surface area contributed by atoms with Gasteiger partial charge in [0.25, 0.3) is 0 Å². The summed E-state index contributed by atoms with van der Waals surface area (Å²) in [4.78, 5) is 27.0. The molecule has 2 aromatic carbocycles. The maximum atomic E-state index is 13.1. The van der Waals surface area contributed by atoms with Crippen molar-refractivity contribution in [3.8, 4) is 0 Å². The number of imide groups is 1. The molecule has 1 fully saturated rings. The van der Waals surface area contributed by atoms with E-state index in [1.54, 1.807) is 39.0 Å². The number of hydrogen-bond donors (Lipinski definition) is 0. The first-order valence-electron chi connectivity index (χ1n) is 8.63. The molecule has 3 rings (SSSR count). The zero-order chi connectivity index (χ0) is 20.0. The summed E-state index contributed by atoms with van der Waals surface area (Å²) >= 11 is 12.5. The average molecular weight is 406 g/mol. The standard InChI is InChI=1S/C21H21Cl2NO3/c1-20(2,3)27-19(26)24-17(15-11-10-14(22)12-16(15)23)21(4,18(24)25)13-8-6-5-7-9-13/h5-12,17H,1-4H3/t17-,21+/m1/s1. The van der Waals surface area contributed by atoms with Crippen molar-refractivity contribution in [1.29, 1.82) is 0 Å². The van der Waals surface area contributed by atoms with Gasteiger partial charge in [0, 0.05) is 10.0 Å². The van der Waals surface area contributed by atoms with Crippen LogP contribution in [-0.2, 0) is 14.9 Å². The summed E-state index contributed by atoms with van der Waals surface area (Å²) in [7, 11) is 0. The third-order valence-electron chi connectivity index (χ3n) is 4.69. The lowest BCUT2D eigenvalue weighted by molar-refractivity contribution is -0.157. The molecule has 2 amide bonds. The maximum Gasteiger partial charge on any atom is 0.417 e. The van der Waals surface area contributed by atoms with Crippen molar-refractivity contribution in [2.24, 2.45) is 0 Å². The van der Waals surface area contributed by atoms with Crippen LogP contribution in [0.2, 0.25) is 10.0 Å². The van der Waals surface area contributed by atoms with Gasteiger partial charge in [0.15, 0.2) is 0 Å². The van der Waals surface area contributed by atoms with Crippen LogP contribution >= 0.6 is 23.2 Å². The molecular formula is C21H21Cl2NO3. The number of halogens is 2. The Morgan fingerprint density at radius 2 is 1.74 bits per heavy atom. The van der Waals surface area contributed by atoms with Gasteiger partial charge in [0.2, 0.25) is 5.91 Å². The number of hydrogen-bond acceptors (Lipinski definition) is 3. The highest BCUT2D eigenvalue weighted by Crippen LogP contribution is 2.53. The molecular weight excluding hydrogens is 385 g/mol. The number of β-lactam (4-membered cyclic amide) rings is 1. The van der Waals surface area contributed by atoms with Crippen molar-refractivity contribution in [3.05, 3.63) is 69.7 Å². The van der Waals surface area contributed by atoms with Gasteiger partial charge >= 0.3 is 6.09 Å². The molecule has 0 aromatic heterocycles. The number of ether oxygens (including phenoxy) is 1. The van der Waals surface area contributed by atoms with Crippen molar-refractivity contribution < 1.29 is 14.3 Å². The lowest BCUT2D eigenvalue weighted by Gasteiger charge is -2.53. The average Bonchev–Trinajstić information content (AvgIpc) is 2.58. The van der Waals surface area contributed by atoms with Crippen LogP contribution in [-0.4, -0.2) is 22.5 Å². The van der Waals surface area contributed by atoms with Crippen LogP contribution in [0, 0.1) is 0 Å². The minimum Gasteiger partial charge on any atom is -0.443 e. The quantitative estimate of drug-likeness (QED) is 0.595. The summed E-state index contributed by atoms with van der Waals surface area (Å²) in [6.07, 6.45) is -0.683. The third-order valence-corrected chi connectivity index (χ3v) is 5.25. The first-order valence-corrected chi connectivity index (χ1v) is 9.38. The molecule has 0 unspecified atom stereocenters. The molecule has 6 heteroatoms. The summed E-state index contributed by atoms with van der Waals surface area (Å²) < 4.78 is 5.45. The lowest BCUT2D eigenvalue weighted by atomic mass is 9.65. The highest BCUT2D eigenvalue weighted by Gasteiger charge is 2.62. The number of carbonyl (C=O) groups is 2. The fourth-order valence-electron chi connectivity index (χ4n) is 3.41. The van der Waals surface area contributed by atoms with Gasteiger partial charge in [0.05, 0.1) is 11.5 Å². The second-order valence-corrected chi connectivity index (χ2v) is 8.64. The minimum absolute atomic E-state index is 0.320. The van der Waals surface area contributed by atoms with E-state index in [2.05, 4.69) is 0 Å². The molecule has 27 heavy (non-hydrogen) atoms. The van der Waals surface area contributed by atoms with Gasteiger partial charge in [-0.1, -0.05) is 59.6 Å². The summed E-state index contributed by atoms with van der Waals surface area (Å²) in [5, 5.41) is 0.885. The smallest absolute Gasteiger partial charge is 0.417 e. The monoisotopic (exact) mass is 405 g/mol. The Labute approximate surface area is 169 Å². The molecule has 0 aliphatic carbocycles. The Bertz CT molecular complexity index is 892. The normalized spacial score (nSPS) is 22.4. The molecule has 0 bridgehead atoms. The first kappa shape index (κ1) is 19.7. The van der Waals surface area contributed by atoms with Gasteiger partial charge in [-0.15, -0.1) is 0 Å². The van der Waals surface area contributed by atoms with Crippen LogP contribution in [0.4, 0.5) is 4.79 Å². The molecule has 2 aromatic rings. The summed E-state index contributed by atoms with van der Waals surface area (Å²) in [5.74, 6) is -0.320. The Hall–Kier alpha value is -2.04. The van der Waals surface area contributed by atoms with Gasteiger partial charge in [-0.05, 0) is 51.0 Å². The summed E-state index contributed by atoms with van der Waals surface area (Å²) in [6.45, 7) is 7.10. The molecule has 1 aliphatic rings. The molecule has 1 heterocycles. The number of amides is 2. The fourth-order valence-corrected chi connectivity index (χ4v) is 3.93. The van der Waals surface area contributed by atoms with Crippen LogP contribution in [0.5, 0.6) is 0 Å². The van der Waals surface area contributed by atoms with Crippen LogP contribution in [0.1, 0.15) is 44.9 Å². The molecule has 0 radical (unpaired) electrons. The molecule has 0 N–H and O–H groups in total. The Morgan fingerprint density at radius 1 is 1.11 bits per heavy atom. The van der Waals surface area contributed by atoms with Crippen molar-refractivity contribution in [3.63, 3.8) is 0 Å². The van der Waals surface area contributed by atoms with Gasteiger partial charge in [-0.3, -0.25) is 4.79 Å². The van der Waals surface area contributed by atoms with E-state index >= 15 is 0 Å². The predicted molar refractivity (Wildman–Crippen MR) is 106 cm³/mol. The number of rotatable bonds is 2. The summed E-state index contributed by atoms with van der Waals surface area (Å²) in [6, 6.07) is 13.8. The largest absolute Gasteiger partial charge is 0.443 e. The van der Waals surface area contributed by atoms with Crippen molar-refractivity contribution in [2.75, 3.05) is 0 Å². The van der Waals surface area contributed by atoms with E-state index < -0.39 is 23.2 Å². The van der Waals surface area contributed by atoms with E-state index in [4.69, 9.17) is 27.9 Å². The van der Waals surface area contributed by atoms with Crippen LogP contribution < -0.4 is 0 Å². The van der Waals surface area contributed by atoms with E-state index in [1.165, 1.54) is 0 Å². The van der Waals surface area contributed by atoms with Crippen LogP contribution in [0.3, 0.4) is 0 Å². The second-order valence-electron chi connectivity index (χ2n) is 7.79. The van der Waals surface area contributed by atoms with Gasteiger partial charge in [-0.2, -0.15) is 0 Å². The zero-order valence-electron chi connectivity index (χ0n) is 15.6. The predicted octanol–water partition coefficient (Wildman–Crippen LogP) is 5.77. The number of likely N-dealkylation sites (tertiary alicyclic amines) is 1. The third kappa shape index (κ3) is 3.44. The van der Waals surface area contributed by atoms with Crippen molar-refractivity contribution in [2.45, 2.75) is 44.8 Å². The molecule has 1 saturated heterocycles. The Balaban J connectivity index is 2.10. The highest BCUT2D eigenvalue weighted by molar-refractivity contribution is 6.35. The number of benzene rings is 2. The van der Waals surface area contributed by atoms with E-state index in [9.17, 15) is 9.59 Å². The van der Waals surface area contributed by atoms with E-state index in [0.29, 0.717) is 15.6 Å². The van der Waals surface area contributed by atoms with Crippen LogP contribution in [0.15, 0.2) is 48.5 Å². The van der Waals surface area contributed by atoms with Gasteiger partial charge in [-0.25, -0.2) is 9.69 Å².